The summed E-state index contributed by atoms with van der Waals surface area (Å²) in [5, 5.41) is 10.0. The van der Waals surface area contributed by atoms with Crippen LogP contribution in [0.15, 0.2) is 11.2 Å². The number of aromatic nitrogens is 2. The van der Waals surface area contributed by atoms with E-state index in [-0.39, 0.29) is 5.25 Å². The van der Waals surface area contributed by atoms with Gasteiger partial charge in [-0.3, -0.25) is 0 Å². The van der Waals surface area contributed by atoms with Crippen LogP contribution in [0.3, 0.4) is 0 Å². The molecule has 2 unspecified atom stereocenters. The molecule has 0 fully saturated rings. The number of nitrogens with zero attached hydrogens (tertiary/aromatic N) is 2. The standard InChI is InChI=1S/C10H16N2O2S/c1-6-5-7(2)12-10(11-6)15-8(3)9(13)14-4/h5,8-9,13H,1-4H3. The Bertz CT molecular complexity index is 313. The first-order chi connectivity index (χ1) is 7.02. The third kappa shape index (κ3) is 3.77. The van der Waals surface area contributed by atoms with E-state index in [1.54, 1.807) is 0 Å². The van der Waals surface area contributed by atoms with Crippen molar-refractivity contribution < 1.29 is 9.84 Å². The number of aliphatic hydroxyl groups is 1. The Labute approximate surface area is 94.1 Å². The average molecular weight is 228 g/mol. The van der Waals surface area contributed by atoms with Crippen LogP contribution in [0.4, 0.5) is 0 Å². The van der Waals surface area contributed by atoms with Gasteiger partial charge in [0, 0.05) is 18.5 Å². The number of aliphatic hydroxyl groups excluding tert-OH is 1. The summed E-state index contributed by atoms with van der Waals surface area (Å²) in [4.78, 5) is 8.55. The summed E-state index contributed by atoms with van der Waals surface area (Å²) in [6.07, 6.45) is -0.792. The van der Waals surface area contributed by atoms with Gasteiger partial charge in [0.1, 0.15) is 0 Å². The zero-order chi connectivity index (χ0) is 11.4. The van der Waals surface area contributed by atoms with Crippen molar-refractivity contribution in [2.24, 2.45) is 0 Å². The summed E-state index contributed by atoms with van der Waals surface area (Å²) in [7, 11) is 1.48. The molecule has 2 atom stereocenters. The predicted molar refractivity (Wildman–Crippen MR) is 59.8 cm³/mol. The van der Waals surface area contributed by atoms with Crippen molar-refractivity contribution in [3.8, 4) is 0 Å². The molecule has 0 bridgehead atoms. The maximum absolute atomic E-state index is 9.43. The molecular weight excluding hydrogens is 212 g/mol. The lowest BCUT2D eigenvalue weighted by molar-refractivity contribution is -0.0706. The number of hydrogen-bond donors (Lipinski definition) is 1. The van der Waals surface area contributed by atoms with E-state index in [0.29, 0.717) is 5.16 Å². The number of rotatable bonds is 4. The van der Waals surface area contributed by atoms with Gasteiger partial charge in [0.05, 0.1) is 5.25 Å². The molecule has 0 saturated heterocycles. The highest BCUT2D eigenvalue weighted by Gasteiger charge is 2.16. The third-order valence-electron chi connectivity index (χ3n) is 1.90. The molecular formula is C10H16N2O2S. The van der Waals surface area contributed by atoms with E-state index in [9.17, 15) is 5.11 Å². The van der Waals surface area contributed by atoms with Crippen molar-refractivity contribution in [1.82, 2.24) is 9.97 Å². The molecule has 0 spiro atoms. The molecule has 0 radical (unpaired) electrons. The van der Waals surface area contributed by atoms with E-state index in [4.69, 9.17) is 4.74 Å². The fourth-order valence-corrected chi connectivity index (χ4v) is 2.12. The molecule has 4 nitrogen and oxygen atoms in total. The summed E-state index contributed by atoms with van der Waals surface area (Å²) in [6, 6.07) is 1.92. The lowest BCUT2D eigenvalue weighted by atomic mass is 10.4. The molecule has 15 heavy (non-hydrogen) atoms. The van der Waals surface area contributed by atoms with E-state index < -0.39 is 6.29 Å². The van der Waals surface area contributed by atoms with Crippen LogP contribution < -0.4 is 0 Å². The SMILES string of the molecule is COC(O)C(C)Sc1nc(C)cc(C)n1. The minimum Gasteiger partial charge on any atom is -0.367 e. The Morgan fingerprint density at radius 1 is 1.33 bits per heavy atom. The van der Waals surface area contributed by atoms with Crippen LogP contribution in [-0.4, -0.2) is 33.7 Å². The van der Waals surface area contributed by atoms with Gasteiger partial charge in [0.15, 0.2) is 11.4 Å². The van der Waals surface area contributed by atoms with Gasteiger partial charge in [-0.2, -0.15) is 0 Å². The van der Waals surface area contributed by atoms with Crippen LogP contribution in [0.5, 0.6) is 0 Å². The van der Waals surface area contributed by atoms with E-state index >= 15 is 0 Å². The Balaban J connectivity index is 2.72. The minimum atomic E-state index is -0.792. The first-order valence-corrected chi connectivity index (χ1v) is 5.60. The van der Waals surface area contributed by atoms with E-state index in [0.717, 1.165) is 11.4 Å². The van der Waals surface area contributed by atoms with Crippen LogP contribution in [-0.2, 0) is 4.74 Å². The monoisotopic (exact) mass is 228 g/mol. The van der Waals surface area contributed by atoms with Crippen LogP contribution >= 0.6 is 11.8 Å². The summed E-state index contributed by atoms with van der Waals surface area (Å²) in [5.41, 5.74) is 1.87. The molecule has 1 aromatic heterocycles. The van der Waals surface area contributed by atoms with Crippen molar-refractivity contribution in [2.75, 3.05) is 7.11 Å². The van der Waals surface area contributed by atoms with Crippen molar-refractivity contribution in [3.63, 3.8) is 0 Å². The molecule has 0 aromatic carbocycles. The van der Waals surface area contributed by atoms with Crippen LogP contribution in [0.25, 0.3) is 0 Å². The van der Waals surface area contributed by atoms with E-state index in [2.05, 4.69) is 9.97 Å². The number of ether oxygens (including phenoxy) is 1. The van der Waals surface area contributed by atoms with Crippen LogP contribution in [0.2, 0.25) is 0 Å². The number of aryl methyl sites for hydroxylation is 2. The Kier molecular flexibility index (Phi) is 4.50. The summed E-state index contributed by atoms with van der Waals surface area (Å²) >= 11 is 1.41. The molecule has 0 aliphatic rings. The first kappa shape index (κ1) is 12.4. The van der Waals surface area contributed by atoms with Crippen LogP contribution in [0, 0.1) is 13.8 Å². The highest BCUT2D eigenvalue weighted by molar-refractivity contribution is 7.99. The van der Waals surface area contributed by atoms with Gasteiger partial charge in [-0.25, -0.2) is 9.97 Å². The molecule has 1 heterocycles. The molecule has 1 aromatic rings. The fraction of sp³-hybridized carbons (Fsp3) is 0.600. The summed E-state index contributed by atoms with van der Waals surface area (Å²) < 4.78 is 4.82. The van der Waals surface area contributed by atoms with E-state index in [1.807, 2.05) is 26.8 Å². The highest BCUT2D eigenvalue weighted by Crippen LogP contribution is 2.22. The largest absolute Gasteiger partial charge is 0.367 e. The smallest absolute Gasteiger partial charge is 0.188 e. The zero-order valence-corrected chi connectivity index (χ0v) is 10.2. The molecule has 84 valence electrons. The van der Waals surface area contributed by atoms with Crippen molar-refractivity contribution in [2.45, 2.75) is 37.5 Å². The predicted octanol–water partition coefficient (Wildman–Crippen LogP) is 1.54. The second-order valence-electron chi connectivity index (χ2n) is 3.38. The van der Waals surface area contributed by atoms with Gasteiger partial charge < -0.3 is 9.84 Å². The first-order valence-electron chi connectivity index (χ1n) is 4.72. The zero-order valence-electron chi connectivity index (χ0n) is 9.39. The Morgan fingerprint density at radius 2 is 1.87 bits per heavy atom. The summed E-state index contributed by atoms with van der Waals surface area (Å²) in [5.74, 6) is 0. The van der Waals surface area contributed by atoms with Gasteiger partial charge in [0.25, 0.3) is 0 Å². The normalized spacial score (nSPS) is 15.0. The molecule has 0 saturated carbocycles. The Morgan fingerprint density at radius 3 is 2.33 bits per heavy atom. The molecule has 5 heteroatoms. The second kappa shape index (κ2) is 5.44. The topological polar surface area (TPSA) is 55.2 Å². The molecule has 0 amide bonds. The number of methoxy groups -OCH3 is 1. The summed E-state index contributed by atoms with van der Waals surface area (Å²) in [6.45, 7) is 5.73. The lowest BCUT2D eigenvalue weighted by Crippen LogP contribution is -2.22. The van der Waals surface area contributed by atoms with Gasteiger partial charge in [0.2, 0.25) is 0 Å². The molecule has 0 aliphatic carbocycles. The average Bonchev–Trinajstić information content (AvgIpc) is 2.14. The van der Waals surface area contributed by atoms with Gasteiger partial charge in [-0.05, 0) is 26.8 Å². The quantitative estimate of drug-likeness (QED) is 0.481. The maximum atomic E-state index is 9.43. The third-order valence-corrected chi connectivity index (χ3v) is 2.89. The molecule has 1 rings (SSSR count). The Hall–Kier alpha value is -0.650. The van der Waals surface area contributed by atoms with Gasteiger partial charge >= 0.3 is 0 Å². The lowest BCUT2D eigenvalue weighted by Gasteiger charge is -2.15. The fourth-order valence-electron chi connectivity index (χ4n) is 1.16. The molecule has 0 aliphatic heterocycles. The highest BCUT2D eigenvalue weighted by atomic mass is 32.2. The molecule has 1 N–H and O–H groups in total. The maximum Gasteiger partial charge on any atom is 0.188 e. The minimum absolute atomic E-state index is 0.0869. The van der Waals surface area contributed by atoms with Crippen LogP contribution in [0.1, 0.15) is 18.3 Å². The second-order valence-corrected chi connectivity index (χ2v) is 4.73. The van der Waals surface area contributed by atoms with Crippen molar-refractivity contribution >= 4 is 11.8 Å². The van der Waals surface area contributed by atoms with E-state index in [1.165, 1.54) is 18.9 Å². The number of hydrogen-bond acceptors (Lipinski definition) is 5. The van der Waals surface area contributed by atoms with Crippen molar-refractivity contribution in [3.05, 3.63) is 17.5 Å². The number of thioether (sulfide) groups is 1. The van der Waals surface area contributed by atoms with Gasteiger partial charge in [-0.1, -0.05) is 11.8 Å². The van der Waals surface area contributed by atoms with Crippen molar-refractivity contribution in [1.29, 1.82) is 0 Å². The van der Waals surface area contributed by atoms with Gasteiger partial charge in [-0.15, -0.1) is 0 Å².